The first-order valence-corrected chi connectivity index (χ1v) is 9.10. The van der Waals surface area contributed by atoms with Crippen molar-refractivity contribution in [3.8, 4) is 6.07 Å². The van der Waals surface area contributed by atoms with Gasteiger partial charge in [-0.25, -0.2) is 18.0 Å². The highest BCUT2D eigenvalue weighted by Crippen LogP contribution is 2.52. The summed E-state index contributed by atoms with van der Waals surface area (Å²) < 4.78 is 48.0. The molecule has 0 unspecified atom stereocenters. The minimum absolute atomic E-state index is 0.118. The van der Waals surface area contributed by atoms with Gasteiger partial charge in [0.15, 0.2) is 5.60 Å². The first-order valence-electron chi connectivity index (χ1n) is 9.10. The number of amides is 1. The summed E-state index contributed by atoms with van der Waals surface area (Å²) in [5, 5.41) is 9.27. The summed E-state index contributed by atoms with van der Waals surface area (Å²) in [4.78, 5) is 14.0. The van der Waals surface area contributed by atoms with Crippen LogP contribution in [0.5, 0.6) is 0 Å². The summed E-state index contributed by atoms with van der Waals surface area (Å²) in [6.07, 6.45) is -0.835. The first kappa shape index (κ1) is 19.5. The Bertz CT molecular complexity index is 1080. The van der Waals surface area contributed by atoms with E-state index >= 15 is 0 Å². The summed E-state index contributed by atoms with van der Waals surface area (Å²) >= 11 is 0. The van der Waals surface area contributed by atoms with Gasteiger partial charge in [-0.05, 0) is 30.3 Å². The first-order chi connectivity index (χ1) is 14.5. The molecule has 1 saturated heterocycles. The van der Waals surface area contributed by atoms with E-state index in [1.54, 1.807) is 6.07 Å². The summed E-state index contributed by atoms with van der Waals surface area (Å²) in [6, 6.07) is 17.1. The van der Waals surface area contributed by atoms with Gasteiger partial charge in [-0.2, -0.15) is 5.26 Å². The Kier molecular flexibility index (Phi) is 4.92. The number of ether oxygens (including phenoxy) is 1. The van der Waals surface area contributed by atoms with Crippen LogP contribution >= 0.6 is 0 Å². The number of nitrogens with zero attached hydrogens (tertiary/aromatic N) is 2. The third-order valence-corrected chi connectivity index (χ3v) is 5.17. The maximum atomic E-state index is 14.9. The van der Waals surface area contributed by atoms with E-state index in [9.17, 15) is 23.2 Å². The van der Waals surface area contributed by atoms with Crippen molar-refractivity contribution in [1.29, 1.82) is 5.26 Å². The lowest BCUT2D eigenvalue weighted by molar-refractivity contribution is 0.0664. The topological polar surface area (TPSA) is 53.3 Å². The Morgan fingerprint density at radius 3 is 1.93 bits per heavy atom. The van der Waals surface area contributed by atoms with Gasteiger partial charge in [0.1, 0.15) is 30.0 Å². The molecule has 0 bridgehead atoms. The second-order valence-corrected chi connectivity index (χ2v) is 6.83. The monoisotopic (exact) mass is 408 g/mol. The van der Waals surface area contributed by atoms with Crippen molar-refractivity contribution >= 4 is 6.09 Å². The highest BCUT2D eigenvalue weighted by atomic mass is 19.1. The molecule has 3 aromatic rings. The smallest absolute Gasteiger partial charge is 0.412 e. The van der Waals surface area contributed by atoms with E-state index in [-0.39, 0.29) is 12.1 Å². The van der Waals surface area contributed by atoms with Gasteiger partial charge in [0.25, 0.3) is 0 Å². The van der Waals surface area contributed by atoms with Crippen LogP contribution in [0.1, 0.15) is 22.7 Å². The molecule has 1 heterocycles. The zero-order chi connectivity index (χ0) is 21.3. The number of rotatable bonds is 4. The maximum absolute atomic E-state index is 14.9. The van der Waals surface area contributed by atoms with Crippen molar-refractivity contribution in [1.82, 2.24) is 4.90 Å². The van der Waals surface area contributed by atoms with E-state index in [1.165, 1.54) is 66.7 Å². The molecule has 0 spiro atoms. The minimum atomic E-state index is -1.63. The standard InChI is InChI=1S/C23H15F3N2O2/c24-17-9-5-15(6-10-17)23(16-7-11-18(25)12-8-16)21(19-3-1-2-4-20(19)26)28(14-13-27)22(29)30-23/h1-12,21H,14H2/t21-/m0/s1. The Labute approximate surface area is 170 Å². The predicted molar refractivity (Wildman–Crippen MR) is 102 cm³/mol. The van der Waals surface area contributed by atoms with Crippen LogP contribution in [-0.2, 0) is 10.3 Å². The van der Waals surface area contributed by atoms with Gasteiger partial charge in [0.05, 0.1) is 6.07 Å². The zero-order valence-electron chi connectivity index (χ0n) is 15.6. The number of halogens is 3. The zero-order valence-corrected chi connectivity index (χ0v) is 15.6. The van der Waals surface area contributed by atoms with Crippen LogP contribution in [0.25, 0.3) is 0 Å². The average Bonchev–Trinajstić information content (AvgIpc) is 3.03. The highest BCUT2D eigenvalue weighted by Gasteiger charge is 2.57. The summed E-state index contributed by atoms with van der Waals surface area (Å²) in [6.45, 7) is -0.359. The van der Waals surface area contributed by atoms with Crippen molar-refractivity contribution < 1.29 is 22.7 Å². The van der Waals surface area contributed by atoms with E-state index in [4.69, 9.17) is 4.74 Å². The van der Waals surface area contributed by atoms with Gasteiger partial charge < -0.3 is 4.74 Å². The van der Waals surface area contributed by atoms with Gasteiger partial charge in [-0.1, -0.05) is 42.5 Å². The fourth-order valence-electron chi connectivity index (χ4n) is 3.89. The van der Waals surface area contributed by atoms with Crippen LogP contribution in [0.3, 0.4) is 0 Å². The average molecular weight is 408 g/mol. The molecule has 1 aliphatic rings. The summed E-state index contributed by atoms with van der Waals surface area (Å²) in [7, 11) is 0. The SMILES string of the molecule is N#CCN1C(=O)OC(c2ccc(F)cc2)(c2ccc(F)cc2)[C@@H]1c1ccccc1F. The molecule has 0 radical (unpaired) electrons. The Morgan fingerprint density at radius 2 is 1.43 bits per heavy atom. The van der Waals surface area contributed by atoms with Crippen molar-refractivity contribution in [2.24, 2.45) is 0 Å². The number of hydrogen-bond donors (Lipinski definition) is 0. The van der Waals surface area contributed by atoms with Crippen LogP contribution in [0.4, 0.5) is 18.0 Å². The largest absolute Gasteiger partial charge is 0.430 e. The third-order valence-electron chi connectivity index (χ3n) is 5.17. The van der Waals surface area contributed by atoms with Gasteiger partial charge in [-0.15, -0.1) is 0 Å². The fourth-order valence-corrected chi connectivity index (χ4v) is 3.89. The van der Waals surface area contributed by atoms with Crippen LogP contribution in [-0.4, -0.2) is 17.5 Å². The Morgan fingerprint density at radius 1 is 0.900 bits per heavy atom. The molecule has 1 aliphatic heterocycles. The fraction of sp³-hybridized carbons (Fsp3) is 0.130. The number of hydrogen-bond acceptors (Lipinski definition) is 3. The number of cyclic esters (lactones) is 1. The molecule has 0 N–H and O–H groups in total. The third kappa shape index (κ3) is 3.07. The van der Waals surface area contributed by atoms with Gasteiger partial charge in [-0.3, -0.25) is 4.90 Å². The molecule has 4 rings (SSSR count). The minimum Gasteiger partial charge on any atom is -0.430 e. The van der Waals surface area contributed by atoms with Crippen LogP contribution in [0, 0.1) is 28.8 Å². The summed E-state index contributed by atoms with van der Waals surface area (Å²) in [5.74, 6) is -1.61. The summed E-state index contributed by atoms with van der Waals surface area (Å²) in [5.41, 5.74) is -0.792. The Hall–Kier alpha value is -3.79. The van der Waals surface area contributed by atoms with Gasteiger partial charge in [0.2, 0.25) is 0 Å². The number of benzene rings is 3. The van der Waals surface area contributed by atoms with E-state index in [0.29, 0.717) is 11.1 Å². The lowest BCUT2D eigenvalue weighted by Crippen LogP contribution is -2.38. The Balaban J connectivity index is 2.04. The van der Waals surface area contributed by atoms with E-state index in [2.05, 4.69) is 0 Å². The van der Waals surface area contributed by atoms with Crippen molar-refractivity contribution in [2.75, 3.05) is 6.54 Å². The number of carbonyl (C=O) groups is 1. The molecular formula is C23H15F3N2O2. The molecular weight excluding hydrogens is 393 g/mol. The predicted octanol–water partition coefficient (Wildman–Crippen LogP) is 5.06. The molecule has 0 saturated carbocycles. The van der Waals surface area contributed by atoms with E-state index in [0.717, 1.165) is 4.90 Å². The molecule has 1 amide bonds. The quantitative estimate of drug-likeness (QED) is 0.567. The van der Waals surface area contributed by atoms with Crippen molar-refractivity contribution in [3.63, 3.8) is 0 Å². The molecule has 4 nitrogen and oxygen atoms in total. The second kappa shape index (κ2) is 7.56. The number of nitriles is 1. The molecule has 0 aliphatic carbocycles. The lowest BCUT2D eigenvalue weighted by atomic mass is 9.77. The van der Waals surface area contributed by atoms with Crippen LogP contribution in [0.15, 0.2) is 72.8 Å². The van der Waals surface area contributed by atoms with Crippen LogP contribution in [0.2, 0.25) is 0 Å². The molecule has 1 atom stereocenters. The molecule has 1 fully saturated rings. The molecule has 30 heavy (non-hydrogen) atoms. The normalized spacial score (nSPS) is 17.5. The van der Waals surface area contributed by atoms with Gasteiger partial charge >= 0.3 is 6.09 Å². The molecule has 3 aromatic carbocycles. The van der Waals surface area contributed by atoms with E-state index < -0.39 is 35.2 Å². The molecule has 0 aromatic heterocycles. The van der Waals surface area contributed by atoms with E-state index in [1.807, 2.05) is 6.07 Å². The van der Waals surface area contributed by atoms with Crippen LogP contribution < -0.4 is 0 Å². The second-order valence-electron chi connectivity index (χ2n) is 6.83. The molecule has 150 valence electrons. The highest BCUT2D eigenvalue weighted by molar-refractivity contribution is 5.74. The van der Waals surface area contributed by atoms with Crippen molar-refractivity contribution in [2.45, 2.75) is 11.6 Å². The van der Waals surface area contributed by atoms with Gasteiger partial charge in [0, 0.05) is 16.7 Å². The lowest BCUT2D eigenvalue weighted by Gasteiger charge is -2.35. The maximum Gasteiger partial charge on any atom is 0.412 e. The number of carbonyl (C=O) groups excluding carboxylic acids is 1. The molecule has 7 heteroatoms. The van der Waals surface area contributed by atoms with Crippen molar-refractivity contribution in [3.05, 3.63) is 107 Å².